The maximum absolute atomic E-state index is 10.9. The van der Waals surface area contributed by atoms with Crippen molar-refractivity contribution in [3.63, 3.8) is 0 Å². The highest BCUT2D eigenvalue weighted by Gasteiger charge is 2.30. The van der Waals surface area contributed by atoms with Gasteiger partial charge in [0.2, 0.25) is 0 Å². The van der Waals surface area contributed by atoms with Gasteiger partial charge in [0.1, 0.15) is 0 Å². The van der Waals surface area contributed by atoms with E-state index in [1.54, 1.807) is 20.8 Å². The van der Waals surface area contributed by atoms with Gasteiger partial charge in [-0.05, 0) is 43.9 Å². The maximum Gasteiger partial charge on any atom is 0.317 e. The molecule has 0 aliphatic heterocycles. The van der Waals surface area contributed by atoms with E-state index in [-0.39, 0.29) is 51.5 Å². The minimum atomic E-state index is -0.826. The first-order chi connectivity index (χ1) is 25.2. The number of nitro benzene ring substituents is 6. The van der Waals surface area contributed by atoms with Gasteiger partial charge in [0.05, 0.1) is 47.7 Å². The SMILES string of the molecule is CCCC(C)c1cc([N+](=O)[O-])cc([N+](=O)[O-])c1O.Cc1c([N+](=O)[O-])cc([N+](=O)[O-])c(O)c1C(C)C.O=[N+]([O-])c1cc(C2CCCCC2)c(O)c([N+](=O)[O-])c1. The van der Waals surface area contributed by atoms with E-state index >= 15 is 0 Å². The van der Waals surface area contributed by atoms with Gasteiger partial charge < -0.3 is 15.3 Å². The molecular formula is C33H40N6O15. The molecule has 21 nitrogen and oxygen atoms in total. The second-order valence-corrected chi connectivity index (χ2v) is 12.8. The van der Waals surface area contributed by atoms with Crippen LogP contribution in [-0.2, 0) is 0 Å². The van der Waals surface area contributed by atoms with Crippen molar-refractivity contribution in [1.29, 1.82) is 0 Å². The van der Waals surface area contributed by atoms with Crippen LogP contribution in [0.5, 0.6) is 17.2 Å². The number of nitro groups is 6. The molecule has 292 valence electrons. The molecule has 0 bridgehead atoms. The fraction of sp³-hybridized carbons (Fsp3) is 0.455. The van der Waals surface area contributed by atoms with Crippen molar-refractivity contribution in [1.82, 2.24) is 0 Å². The number of rotatable bonds is 11. The smallest absolute Gasteiger partial charge is 0.317 e. The predicted molar refractivity (Wildman–Crippen MR) is 192 cm³/mol. The molecule has 1 unspecified atom stereocenters. The van der Waals surface area contributed by atoms with E-state index in [0.29, 0.717) is 12.0 Å². The van der Waals surface area contributed by atoms with Crippen molar-refractivity contribution in [2.75, 3.05) is 0 Å². The summed E-state index contributed by atoms with van der Waals surface area (Å²) in [6, 6.07) is 4.83. The molecule has 3 aromatic carbocycles. The second-order valence-electron chi connectivity index (χ2n) is 12.8. The summed E-state index contributed by atoms with van der Waals surface area (Å²) in [4.78, 5) is 60.2. The minimum absolute atomic E-state index is 0.0349. The maximum atomic E-state index is 10.9. The highest BCUT2D eigenvalue weighted by Crippen LogP contribution is 2.44. The monoisotopic (exact) mass is 760 g/mol. The summed E-state index contributed by atoms with van der Waals surface area (Å²) in [5.41, 5.74) is -1.83. The lowest BCUT2D eigenvalue weighted by molar-refractivity contribution is -0.395. The van der Waals surface area contributed by atoms with Crippen molar-refractivity contribution < 1.29 is 44.9 Å². The van der Waals surface area contributed by atoms with Gasteiger partial charge in [0.15, 0.2) is 17.2 Å². The Hall–Kier alpha value is -6.54. The van der Waals surface area contributed by atoms with E-state index in [2.05, 4.69) is 0 Å². The third kappa shape index (κ3) is 10.5. The van der Waals surface area contributed by atoms with Crippen molar-refractivity contribution >= 4 is 34.1 Å². The van der Waals surface area contributed by atoms with E-state index in [1.807, 2.05) is 6.92 Å². The number of phenolic OH excluding ortho intramolecular Hbond substituents is 3. The van der Waals surface area contributed by atoms with Crippen LogP contribution in [0.3, 0.4) is 0 Å². The van der Waals surface area contributed by atoms with E-state index in [1.165, 1.54) is 19.1 Å². The fourth-order valence-corrected chi connectivity index (χ4v) is 6.22. The molecule has 4 rings (SSSR count). The number of non-ortho nitro benzene ring substituents is 2. The number of nitrogens with zero attached hydrogens (tertiary/aromatic N) is 6. The lowest BCUT2D eigenvalue weighted by Crippen LogP contribution is -2.06. The summed E-state index contributed by atoms with van der Waals surface area (Å²) in [5.74, 6) is -1.85. The molecule has 3 N–H and O–H groups in total. The van der Waals surface area contributed by atoms with Crippen molar-refractivity contribution in [2.24, 2.45) is 0 Å². The van der Waals surface area contributed by atoms with Crippen LogP contribution >= 0.6 is 0 Å². The summed E-state index contributed by atoms with van der Waals surface area (Å²) in [7, 11) is 0. The van der Waals surface area contributed by atoms with Crippen molar-refractivity contribution in [3.8, 4) is 17.2 Å². The molecule has 21 heteroatoms. The zero-order chi connectivity index (χ0) is 41.2. The Morgan fingerprint density at radius 2 is 1.06 bits per heavy atom. The van der Waals surface area contributed by atoms with Crippen LogP contribution in [0.4, 0.5) is 34.1 Å². The van der Waals surface area contributed by atoms with Crippen LogP contribution in [0.25, 0.3) is 0 Å². The minimum Gasteiger partial charge on any atom is -0.502 e. The molecule has 1 fully saturated rings. The van der Waals surface area contributed by atoms with Gasteiger partial charge in [0.25, 0.3) is 17.1 Å². The first-order valence-electron chi connectivity index (χ1n) is 16.6. The van der Waals surface area contributed by atoms with Gasteiger partial charge in [-0.3, -0.25) is 60.7 Å². The summed E-state index contributed by atoms with van der Waals surface area (Å²) in [5, 5.41) is 94.1. The predicted octanol–water partition coefficient (Wildman–Crippen LogP) is 9.01. The average molecular weight is 761 g/mol. The van der Waals surface area contributed by atoms with Crippen molar-refractivity contribution in [2.45, 2.75) is 97.3 Å². The largest absolute Gasteiger partial charge is 0.502 e. The van der Waals surface area contributed by atoms with Crippen LogP contribution in [0.1, 0.15) is 113 Å². The standard InChI is InChI=1S/C12H14N2O5.C11H14N2O5.C10H12N2O5/c15-12-10(8-4-2-1-3-5-8)6-9(13(16)17)7-11(12)14(18)19;1-3-4-7(2)9-5-8(12(15)16)6-10(11(9)14)13(17)18;1-5(2)9-6(3)7(11(14)15)4-8(10(9)13)12(16)17/h6-8,15H,1-5H2;5-7,14H,3-4H2,1-2H3;4-5,13H,1-3H3. The summed E-state index contributed by atoms with van der Waals surface area (Å²) >= 11 is 0. The van der Waals surface area contributed by atoms with Crippen LogP contribution in [0.15, 0.2) is 30.3 Å². The molecule has 0 amide bonds. The number of hydrogen-bond donors (Lipinski definition) is 3. The Kier molecular flexibility index (Phi) is 15.2. The average Bonchev–Trinajstić information content (AvgIpc) is 3.08. The molecule has 1 saturated carbocycles. The third-order valence-corrected chi connectivity index (χ3v) is 8.85. The lowest BCUT2D eigenvalue weighted by atomic mass is 9.83. The summed E-state index contributed by atoms with van der Waals surface area (Å²) in [6.45, 7) is 8.58. The molecule has 0 spiro atoms. The number of phenols is 3. The molecule has 0 heterocycles. The molecule has 0 radical (unpaired) electrons. The van der Waals surface area contributed by atoms with Crippen LogP contribution in [0.2, 0.25) is 0 Å². The van der Waals surface area contributed by atoms with E-state index in [9.17, 15) is 76.0 Å². The van der Waals surface area contributed by atoms with Crippen LogP contribution in [0, 0.1) is 67.6 Å². The number of aromatic hydroxyl groups is 3. The second kappa shape index (κ2) is 18.8. The quantitative estimate of drug-likeness (QED) is 0.121. The Balaban J connectivity index is 0.000000281. The molecule has 1 aliphatic carbocycles. The van der Waals surface area contributed by atoms with E-state index in [4.69, 9.17) is 0 Å². The van der Waals surface area contributed by atoms with Gasteiger partial charge in [-0.25, -0.2) is 0 Å². The third-order valence-electron chi connectivity index (χ3n) is 8.85. The zero-order valence-electron chi connectivity index (χ0n) is 30.0. The van der Waals surface area contributed by atoms with Gasteiger partial charge >= 0.3 is 17.1 Å². The molecule has 54 heavy (non-hydrogen) atoms. The molecule has 1 aliphatic rings. The van der Waals surface area contributed by atoms with Crippen molar-refractivity contribution in [3.05, 3.63) is 113 Å². The van der Waals surface area contributed by atoms with Gasteiger partial charge in [-0.2, -0.15) is 0 Å². The Morgan fingerprint density at radius 3 is 1.48 bits per heavy atom. The number of hydrogen-bond acceptors (Lipinski definition) is 15. The topological polar surface area (TPSA) is 320 Å². The highest BCUT2D eigenvalue weighted by atomic mass is 16.6. The highest BCUT2D eigenvalue weighted by molar-refractivity contribution is 5.63. The lowest BCUT2D eigenvalue weighted by Gasteiger charge is -2.22. The van der Waals surface area contributed by atoms with E-state index in [0.717, 1.165) is 56.7 Å². The van der Waals surface area contributed by atoms with Crippen LogP contribution < -0.4 is 0 Å². The summed E-state index contributed by atoms with van der Waals surface area (Å²) < 4.78 is 0. The Bertz CT molecular complexity index is 1910. The first kappa shape index (κ1) is 43.6. The normalized spacial score (nSPS) is 13.1. The Morgan fingerprint density at radius 1 is 0.611 bits per heavy atom. The van der Waals surface area contributed by atoms with Gasteiger partial charge in [0, 0.05) is 34.4 Å². The van der Waals surface area contributed by atoms with Gasteiger partial charge in [-0.1, -0.05) is 53.4 Å². The zero-order valence-corrected chi connectivity index (χ0v) is 30.0. The summed E-state index contributed by atoms with van der Waals surface area (Å²) in [6.07, 6.45) is 6.14. The van der Waals surface area contributed by atoms with Gasteiger partial charge in [-0.15, -0.1) is 0 Å². The first-order valence-corrected chi connectivity index (χ1v) is 16.6. The molecule has 0 saturated heterocycles. The van der Waals surface area contributed by atoms with Crippen LogP contribution in [-0.4, -0.2) is 44.9 Å². The molecule has 3 aromatic rings. The molecule has 0 aromatic heterocycles. The molecule has 1 atom stereocenters. The Labute approximate surface area is 306 Å². The molecular weight excluding hydrogens is 720 g/mol. The van der Waals surface area contributed by atoms with E-state index < -0.39 is 63.9 Å². The fourth-order valence-electron chi connectivity index (χ4n) is 6.22. The number of benzene rings is 3.